The first kappa shape index (κ1) is 18.2. The molecule has 0 radical (unpaired) electrons. The minimum absolute atomic E-state index is 0.479. The third-order valence-corrected chi connectivity index (χ3v) is 3.60. The lowest BCUT2D eigenvalue weighted by atomic mass is 10.0. The average molecular weight is 268 g/mol. The van der Waals surface area contributed by atoms with E-state index in [0.29, 0.717) is 5.57 Å². The predicted molar refractivity (Wildman–Crippen MR) is 82.5 cm³/mol. The lowest BCUT2D eigenvalue weighted by molar-refractivity contribution is -0.132. The molecule has 0 aliphatic carbocycles. The number of carboxylic acid groups (broad SMARTS) is 1. The Kier molecular flexibility index (Phi) is 13.1. The van der Waals surface area contributed by atoms with Gasteiger partial charge in [0.1, 0.15) is 0 Å². The van der Waals surface area contributed by atoms with E-state index in [4.69, 9.17) is 5.11 Å². The van der Waals surface area contributed by atoms with Crippen LogP contribution < -0.4 is 0 Å². The van der Waals surface area contributed by atoms with E-state index in [1.54, 1.807) is 6.92 Å². The number of carboxylic acids is 1. The molecule has 0 heterocycles. The van der Waals surface area contributed by atoms with Crippen molar-refractivity contribution in [1.29, 1.82) is 0 Å². The van der Waals surface area contributed by atoms with Gasteiger partial charge in [-0.3, -0.25) is 0 Å². The normalized spacial score (nSPS) is 11.8. The van der Waals surface area contributed by atoms with Gasteiger partial charge in [0.25, 0.3) is 0 Å². The van der Waals surface area contributed by atoms with E-state index in [1.807, 2.05) is 6.08 Å². The maximum absolute atomic E-state index is 10.6. The Morgan fingerprint density at radius 2 is 1.26 bits per heavy atom. The van der Waals surface area contributed by atoms with Gasteiger partial charge in [-0.2, -0.15) is 0 Å². The minimum Gasteiger partial charge on any atom is -0.478 e. The highest BCUT2D eigenvalue weighted by Crippen LogP contribution is 2.12. The summed E-state index contributed by atoms with van der Waals surface area (Å²) in [5, 5.41) is 8.69. The molecule has 0 aromatic rings. The van der Waals surface area contributed by atoms with Crippen LogP contribution in [-0.2, 0) is 4.79 Å². The van der Waals surface area contributed by atoms with Gasteiger partial charge in [-0.1, -0.05) is 77.2 Å². The van der Waals surface area contributed by atoms with E-state index >= 15 is 0 Å². The Morgan fingerprint density at radius 3 is 1.68 bits per heavy atom. The van der Waals surface area contributed by atoms with E-state index < -0.39 is 5.97 Å². The quantitative estimate of drug-likeness (QED) is 0.343. The Bertz CT molecular complexity index is 244. The maximum Gasteiger partial charge on any atom is 0.330 e. The molecule has 0 saturated heterocycles. The number of unbranched alkanes of at least 4 members (excludes halogenated alkanes) is 11. The molecule has 19 heavy (non-hydrogen) atoms. The van der Waals surface area contributed by atoms with Crippen LogP contribution in [0.3, 0.4) is 0 Å². The number of aliphatic carboxylic acids is 1. The van der Waals surface area contributed by atoms with Crippen molar-refractivity contribution >= 4 is 5.97 Å². The summed E-state index contributed by atoms with van der Waals surface area (Å²) in [5.41, 5.74) is 0.479. The third kappa shape index (κ3) is 13.4. The molecule has 0 aromatic carbocycles. The van der Waals surface area contributed by atoms with Crippen LogP contribution in [0.5, 0.6) is 0 Å². The molecule has 0 aliphatic rings. The Balaban J connectivity index is 3.15. The molecule has 0 aliphatic heterocycles. The van der Waals surface area contributed by atoms with Crippen molar-refractivity contribution in [2.45, 2.75) is 90.9 Å². The van der Waals surface area contributed by atoms with Crippen molar-refractivity contribution in [1.82, 2.24) is 0 Å². The summed E-state index contributed by atoms with van der Waals surface area (Å²) in [6.07, 6.45) is 17.5. The van der Waals surface area contributed by atoms with Gasteiger partial charge in [-0.25, -0.2) is 4.79 Å². The van der Waals surface area contributed by atoms with Gasteiger partial charge in [-0.05, 0) is 19.8 Å². The highest BCUT2D eigenvalue weighted by molar-refractivity contribution is 5.85. The van der Waals surface area contributed by atoms with Crippen molar-refractivity contribution in [3.05, 3.63) is 11.6 Å². The Hall–Kier alpha value is -0.790. The molecule has 0 bridgehead atoms. The molecule has 0 rings (SSSR count). The first-order valence-corrected chi connectivity index (χ1v) is 8.08. The molecule has 0 atom stereocenters. The maximum atomic E-state index is 10.6. The number of carbonyl (C=O) groups is 1. The van der Waals surface area contributed by atoms with Crippen LogP contribution in [0.2, 0.25) is 0 Å². The van der Waals surface area contributed by atoms with Gasteiger partial charge in [-0.15, -0.1) is 0 Å². The van der Waals surface area contributed by atoms with E-state index in [1.165, 1.54) is 64.2 Å². The molecule has 0 amide bonds. The fraction of sp³-hybridized carbons (Fsp3) is 0.824. The summed E-state index contributed by atoms with van der Waals surface area (Å²) in [7, 11) is 0. The van der Waals surface area contributed by atoms with Crippen LogP contribution in [-0.4, -0.2) is 11.1 Å². The molecule has 2 heteroatoms. The fourth-order valence-corrected chi connectivity index (χ4v) is 2.21. The van der Waals surface area contributed by atoms with Crippen molar-refractivity contribution in [2.24, 2.45) is 0 Å². The molecule has 0 spiro atoms. The molecule has 0 unspecified atom stereocenters. The highest BCUT2D eigenvalue weighted by atomic mass is 16.4. The minimum atomic E-state index is -0.789. The zero-order valence-corrected chi connectivity index (χ0v) is 12.9. The number of rotatable bonds is 13. The first-order chi connectivity index (χ1) is 9.18. The van der Waals surface area contributed by atoms with Crippen molar-refractivity contribution in [3.8, 4) is 0 Å². The summed E-state index contributed by atoms with van der Waals surface area (Å²) in [6.45, 7) is 3.92. The van der Waals surface area contributed by atoms with E-state index in [9.17, 15) is 4.79 Å². The molecule has 0 saturated carbocycles. The summed E-state index contributed by atoms with van der Waals surface area (Å²) in [4.78, 5) is 10.6. The monoisotopic (exact) mass is 268 g/mol. The fourth-order valence-electron chi connectivity index (χ4n) is 2.21. The SMILES string of the molecule is CCCCCCCCCCCCC/C=C(\C)C(=O)O. The van der Waals surface area contributed by atoms with Gasteiger partial charge in [0, 0.05) is 5.57 Å². The van der Waals surface area contributed by atoms with Crippen molar-refractivity contribution < 1.29 is 9.90 Å². The van der Waals surface area contributed by atoms with E-state index in [2.05, 4.69) is 6.92 Å². The second kappa shape index (κ2) is 13.6. The third-order valence-electron chi connectivity index (χ3n) is 3.60. The zero-order valence-electron chi connectivity index (χ0n) is 12.9. The van der Waals surface area contributed by atoms with E-state index in [0.717, 1.165) is 12.8 Å². The molecule has 0 fully saturated rings. The molecule has 0 aromatic heterocycles. The average Bonchev–Trinajstić information content (AvgIpc) is 2.39. The lowest BCUT2D eigenvalue weighted by Crippen LogP contribution is -1.95. The van der Waals surface area contributed by atoms with E-state index in [-0.39, 0.29) is 0 Å². The summed E-state index contributed by atoms with van der Waals surface area (Å²) in [6, 6.07) is 0. The molecule has 1 N–H and O–H groups in total. The highest BCUT2D eigenvalue weighted by Gasteiger charge is 1.97. The van der Waals surface area contributed by atoms with Crippen LogP contribution in [0.15, 0.2) is 11.6 Å². The summed E-state index contributed by atoms with van der Waals surface area (Å²) < 4.78 is 0. The number of allylic oxidation sites excluding steroid dienone is 1. The topological polar surface area (TPSA) is 37.3 Å². The van der Waals surface area contributed by atoms with Crippen LogP contribution in [0.1, 0.15) is 90.9 Å². The van der Waals surface area contributed by atoms with Gasteiger partial charge in [0.05, 0.1) is 0 Å². The van der Waals surface area contributed by atoms with Gasteiger partial charge in [0.15, 0.2) is 0 Å². The summed E-state index contributed by atoms with van der Waals surface area (Å²) in [5.74, 6) is -0.789. The molecule has 2 nitrogen and oxygen atoms in total. The van der Waals surface area contributed by atoms with Gasteiger partial charge in [0.2, 0.25) is 0 Å². The molecular formula is C17H32O2. The Labute approximate surface area is 119 Å². The number of hydrogen-bond acceptors (Lipinski definition) is 1. The zero-order chi connectivity index (χ0) is 14.3. The predicted octanol–water partition coefficient (Wildman–Crippen LogP) is 5.72. The van der Waals surface area contributed by atoms with Crippen LogP contribution in [0.4, 0.5) is 0 Å². The smallest absolute Gasteiger partial charge is 0.330 e. The van der Waals surface area contributed by atoms with Gasteiger partial charge < -0.3 is 5.11 Å². The lowest BCUT2D eigenvalue weighted by Gasteiger charge is -2.02. The van der Waals surface area contributed by atoms with Crippen molar-refractivity contribution in [3.63, 3.8) is 0 Å². The second-order valence-corrected chi connectivity index (χ2v) is 5.52. The van der Waals surface area contributed by atoms with Crippen LogP contribution in [0.25, 0.3) is 0 Å². The number of hydrogen-bond donors (Lipinski definition) is 1. The summed E-state index contributed by atoms with van der Waals surface area (Å²) >= 11 is 0. The second-order valence-electron chi connectivity index (χ2n) is 5.52. The molecular weight excluding hydrogens is 236 g/mol. The standard InChI is InChI=1S/C17H32O2/c1-3-4-5-6-7-8-9-10-11-12-13-14-15-16(2)17(18)19/h15H,3-14H2,1-2H3,(H,18,19)/b16-15+. The van der Waals surface area contributed by atoms with Crippen molar-refractivity contribution in [2.75, 3.05) is 0 Å². The molecule has 112 valence electrons. The van der Waals surface area contributed by atoms with Crippen LogP contribution >= 0.6 is 0 Å². The Morgan fingerprint density at radius 1 is 0.842 bits per heavy atom. The first-order valence-electron chi connectivity index (χ1n) is 8.08. The van der Waals surface area contributed by atoms with Crippen LogP contribution in [0, 0.1) is 0 Å². The van der Waals surface area contributed by atoms with Gasteiger partial charge >= 0.3 is 5.97 Å². The largest absolute Gasteiger partial charge is 0.478 e.